The van der Waals surface area contributed by atoms with Gasteiger partial charge in [0.15, 0.2) is 0 Å². The Kier molecular flexibility index (Phi) is 2.68. The van der Waals surface area contributed by atoms with Crippen LogP contribution >= 0.6 is 0 Å². The number of nitriles is 1. The predicted molar refractivity (Wildman–Crippen MR) is 52.0 cm³/mol. The van der Waals surface area contributed by atoms with Crippen LogP contribution in [-0.2, 0) is 0 Å². The topological polar surface area (TPSA) is 44.0 Å². The van der Waals surface area contributed by atoms with Gasteiger partial charge in [-0.15, -0.1) is 0 Å². The van der Waals surface area contributed by atoms with Gasteiger partial charge in [-0.2, -0.15) is 5.26 Å². The Morgan fingerprint density at radius 2 is 1.69 bits per heavy atom. The number of rotatable bonds is 1. The lowest BCUT2D eigenvalue weighted by molar-refractivity contribution is 0.0228. The third kappa shape index (κ3) is 2.03. The Morgan fingerprint density at radius 3 is 2.00 bits per heavy atom. The van der Waals surface area contributed by atoms with Gasteiger partial charge in [0.1, 0.15) is 0 Å². The summed E-state index contributed by atoms with van der Waals surface area (Å²) in [7, 11) is 0. The molecule has 1 atom stereocenters. The van der Waals surface area contributed by atoms with Crippen LogP contribution in [0.3, 0.4) is 0 Å². The molecule has 0 radical (unpaired) electrons. The molecule has 1 fully saturated rings. The van der Waals surface area contributed by atoms with Crippen LogP contribution in [0.1, 0.15) is 46.5 Å². The van der Waals surface area contributed by atoms with E-state index < -0.39 is 11.5 Å². The summed E-state index contributed by atoms with van der Waals surface area (Å²) in [4.78, 5) is 0. The molecule has 1 N–H and O–H groups in total. The van der Waals surface area contributed by atoms with E-state index in [1.165, 1.54) is 0 Å². The Labute approximate surface area is 80.6 Å². The summed E-state index contributed by atoms with van der Waals surface area (Å²) >= 11 is 0. The van der Waals surface area contributed by atoms with E-state index in [9.17, 15) is 5.11 Å². The highest BCUT2D eigenvalue weighted by atomic mass is 16.3. The maximum absolute atomic E-state index is 9.58. The number of aliphatic hydroxyl groups excluding tert-OH is 1. The van der Waals surface area contributed by atoms with Gasteiger partial charge in [0.2, 0.25) is 0 Å². The molecule has 1 saturated carbocycles. The smallest absolute Gasteiger partial charge is 0.0830 e. The van der Waals surface area contributed by atoms with E-state index in [0.717, 1.165) is 25.7 Å². The van der Waals surface area contributed by atoms with Crippen LogP contribution in [0.25, 0.3) is 0 Å². The summed E-state index contributed by atoms with van der Waals surface area (Å²) < 4.78 is 0. The Hall–Kier alpha value is -0.550. The van der Waals surface area contributed by atoms with Crippen molar-refractivity contribution in [2.24, 2.45) is 10.8 Å². The molecule has 0 aromatic heterocycles. The van der Waals surface area contributed by atoms with Crippen LogP contribution < -0.4 is 0 Å². The third-order valence-electron chi connectivity index (χ3n) is 3.52. The zero-order chi connectivity index (χ0) is 10.1. The van der Waals surface area contributed by atoms with E-state index in [4.69, 9.17) is 5.26 Å². The SMILES string of the molecule is CC(O)C1(C#N)CCC(C)(C)CC1. The maximum atomic E-state index is 9.58. The van der Waals surface area contributed by atoms with Gasteiger partial charge in [-0.1, -0.05) is 13.8 Å². The lowest BCUT2D eigenvalue weighted by Gasteiger charge is -2.40. The fraction of sp³-hybridized carbons (Fsp3) is 0.909. The first-order valence-corrected chi connectivity index (χ1v) is 5.01. The molecule has 0 spiro atoms. The van der Waals surface area contributed by atoms with Crippen LogP contribution in [0.15, 0.2) is 0 Å². The Morgan fingerprint density at radius 1 is 1.23 bits per heavy atom. The first-order chi connectivity index (χ1) is 5.92. The molecule has 0 aromatic rings. The normalized spacial score (nSPS) is 27.6. The van der Waals surface area contributed by atoms with E-state index in [2.05, 4.69) is 19.9 Å². The van der Waals surface area contributed by atoms with Gasteiger partial charge in [0.25, 0.3) is 0 Å². The second-order valence-corrected chi connectivity index (χ2v) is 5.11. The molecular formula is C11H19NO. The van der Waals surface area contributed by atoms with Crippen LogP contribution in [0, 0.1) is 22.2 Å². The monoisotopic (exact) mass is 181 g/mol. The van der Waals surface area contributed by atoms with E-state index in [-0.39, 0.29) is 0 Å². The quantitative estimate of drug-likeness (QED) is 0.675. The Bertz CT molecular complexity index is 215. The van der Waals surface area contributed by atoms with Gasteiger partial charge in [0.05, 0.1) is 17.6 Å². The van der Waals surface area contributed by atoms with Gasteiger partial charge in [0, 0.05) is 0 Å². The average molecular weight is 181 g/mol. The molecule has 1 unspecified atom stereocenters. The zero-order valence-electron chi connectivity index (χ0n) is 8.80. The van der Waals surface area contributed by atoms with Crippen molar-refractivity contribution in [3.63, 3.8) is 0 Å². The molecule has 13 heavy (non-hydrogen) atoms. The standard InChI is InChI=1S/C11H19NO/c1-9(13)11(8-12)6-4-10(2,3)5-7-11/h9,13H,4-7H2,1-3H3. The summed E-state index contributed by atoms with van der Waals surface area (Å²) in [6, 6.07) is 2.30. The second kappa shape index (κ2) is 3.31. The van der Waals surface area contributed by atoms with E-state index in [0.29, 0.717) is 5.41 Å². The summed E-state index contributed by atoms with van der Waals surface area (Å²) in [5.41, 5.74) is -0.106. The molecule has 0 heterocycles. The van der Waals surface area contributed by atoms with Gasteiger partial charge in [-0.25, -0.2) is 0 Å². The molecule has 2 heteroatoms. The number of nitrogens with zero attached hydrogens (tertiary/aromatic N) is 1. The number of hydrogen-bond acceptors (Lipinski definition) is 2. The van der Waals surface area contributed by atoms with E-state index in [1.807, 2.05) is 0 Å². The van der Waals surface area contributed by atoms with E-state index in [1.54, 1.807) is 6.92 Å². The van der Waals surface area contributed by atoms with Gasteiger partial charge in [-0.3, -0.25) is 0 Å². The molecule has 1 aliphatic carbocycles. The molecule has 0 amide bonds. The minimum absolute atomic E-state index is 0.356. The molecule has 1 aliphatic rings. The molecule has 0 bridgehead atoms. The van der Waals surface area contributed by atoms with Crippen molar-refractivity contribution in [3.05, 3.63) is 0 Å². The largest absolute Gasteiger partial charge is 0.392 e. The van der Waals surface area contributed by atoms with Crippen molar-refractivity contribution in [3.8, 4) is 6.07 Å². The molecule has 2 nitrogen and oxygen atoms in total. The van der Waals surface area contributed by atoms with Crippen LogP contribution in [0.4, 0.5) is 0 Å². The minimum Gasteiger partial charge on any atom is -0.392 e. The van der Waals surface area contributed by atoms with Gasteiger partial charge < -0.3 is 5.11 Å². The number of hydrogen-bond donors (Lipinski definition) is 1. The van der Waals surface area contributed by atoms with E-state index >= 15 is 0 Å². The Balaban J connectivity index is 2.71. The summed E-state index contributed by atoms with van der Waals surface area (Å²) in [6.07, 6.45) is 3.28. The number of aliphatic hydroxyl groups is 1. The van der Waals surface area contributed by atoms with Crippen molar-refractivity contribution in [1.29, 1.82) is 5.26 Å². The van der Waals surface area contributed by atoms with Crippen molar-refractivity contribution < 1.29 is 5.11 Å². The fourth-order valence-corrected chi connectivity index (χ4v) is 2.00. The highest BCUT2D eigenvalue weighted by molar-refractivity contribution is 5.05. The van der Waals surface area contributed by atoms with Gasteiger partial charge >= 0.3 is 0 Å². The highest BCUT2D eigenvalue weighted by Crippen LogP contribution is 2.46. The predicted octanol–water partition coefficient (Wildman–Crippen LogP) is 2.48. The second-order valence-electron chi connectivity index (χ2n) is 5.11. The van der Waals surface area contributed by atoms with Crippen LogP contribution in [0.5, 0.6) is 0 Å². The fourth-order valence-electron chi connectivity index (χ4n) is 2.00. The molecule has 0 saturated heterocycles. The summed E-state index contributed by atoms with van der Waals surface area (Å²) in [5.74, 6) is 0. The molecule has 1 rings (SSSR count). The first kappa shape index (κ1) is 10.5. The van der Waals surface area contributed by atoms with Crippen molar-refractivity contribution in [1.82, 2.24) is 0 Å². The lowest BCUT2D eigenvalue weighted by Crippen LogP contribution is -2.38. The minimum atomic E-state index is -0.492. The van der Waals surface area contributed by atoms with Crippen LogP contribution in [-0.4, -0.2) is 11.2 Å². The van der Waals surface area contributed by atoms with Crippen LogP contribution in [0.2, 0.25) is 0 Å². The average Bonchev–Trinajstić information content (AvgIpc) is 2.05. The first-order valence-electron chi connectivity index (χ1n) is 5.01. The molecular weight excluding hydrogens is 162 g/mol. The molecule has 0 aromatic carbocycles. The lowest BCUT2D eigenvalue weighted by atomic mass is 9.64. The van der Waals surface area contributed by atoms with Crippen molar-refractivity contribution in [2.45, 2.75) is 52.6 Å². The summed E-state index contributed by atoms with van der Waals surface area (Å²) in [6.45, 7) is 6.20. The maximum Gasteiger partial charge on any atom is 0.0830 e. The molecule has 0 aliphatic heterocycles. The zero-order valence-corrected chi connectivity index (χ0v) is 8.80. The molecule has 74 valence electrons. The summed E-state index contributed by atoms with van der Waals surface area (Å²) in [5, 5.41) is 18.6. The highest BCUT2D eigenvalue weighted by Gasteiger charge is 2.41. The van der Waals surface area contributed by atoms with Crippen molar-refractivity contribution in [2.75, 3.05) is 0 Å². The third-order valence-corrected chi connectivity index (χ3v) is 3.52. The van der Waals surface area contributed by atoms with Crippen molar-refractivity contribution >= 4 is 0 Å². The van der Waals surface area contributed by atoms with Gasteiger partial charge in [-0.05, 0) is 38.0 Å².